The molecule has 2 fully saturated rings. The van der Waals surface area contributed by atoms with Crippen LogP contribution in [0.5, 0.6) is 0 Å². The number of nitrogens with zero attached hydrogens (tertiary/aromatic N) is 3. The van der Waals surface area contributed by atoms with Crippen molar-refractivity contribution in [1.82, 2.24) is 9.97 Å². The highest BCUT2D eigenvalue weighted by molar-refractivity contribution is 5.40. The lowest BCUT2D eigenvalue weighted by Gasteiger charge is -2.56. The van der Waals surface area contributed by atoms with Gasteiger partial charge in [0.1, 0.15) is 11.6 Å². The maximum absolute atomic E-state index is 10.2. The average molecular weight is 291 g/mol. The van der Waals surface area contributed by atoms with Gasteiger partial charge in [0.15, 0.2) is 0 Å². The summed E-state index contributed by atoms with van der Waals surface area (Å²) in [4.78, 5) is 11.2. The SMILES string of the molecule is CCO[C@@H]1C[C@H](O)C12CCN(c1cc(C)nc(C)n1)CC2. The van der Waals surface area contributed by atoms with Crippen LogP contribution in [0, 0.1) is 19.3 Å². The number of aromatic nitrogens is 2. The quantitative estimate of drug-likeness (QED) is 0.921. The van der Waals surface area contributed by atoms with Gasteiger partial charge in [-0.25, -0.2) is 9.97 Å². The highest BCUT2D eigenvalue weighted by atomic mass is 16.5. The molecular weight excluding hydrogens is 266 g/mol. The Morgan fingerprint density at radius 2 is 2.05 bits per heavy atom. The van der Waals surface area contributed by atoms with Crippen molar-refractivity contribution in [3.63, 3.8) is 0 Å². The molecule has 0 radical (unpaired) electrons. The van der Waals surface area contributed by atoms with E-state index in [9.17, 15) is 5.11 Å². The van der Waals surface area contributed by atoms with Crippen LogP contribution in [-0.4, -0.2) is 47.0 Å². The summed E-state index contributed by atoms with van der Waals surface area (Å²) in [6.07, 6.45) is 2.76. The summed E-state index contributed by atoms with van der Waals surface area (Å²) in [5.41, 5.74) is 0.984. The lowest BCUT2D eigenvalue weighted by molar-refractivity contribution is -0.199. The molecule has 1 aliphatic carbocycles. The first-order chi connectivity index (χ1) is 10.0. The van der Waals surface area contributed by atoms with Crippen LogP contribution in [-0.2, 0) is 4.74 Å². The van der Waals surface area contributed by atoms with Gasteiger partial charge in [-0.3, -0.25) is 0 Å². The van der Waals surface area contributed by atoms with Crippen molar-refractivity contribution in [2.24, 2.45) is 5.41 Å². The standard InChI is InChI=1S/C16H25N3O2/c1-4-21-14-10-13(20)16(14)5-7-19(8-6-16)15-9-11(2)17-12(3)18-15/h9,13-14,20H,4-8,10H2,1-3H3/t13-,14+/m0/s1. The molecule has 2 aliphatic rings. The highest BCUT2D eigenvalue weighted by Crippen LogP contribution is 2.51. The molecule has 2 heterocycles. The number of aliphatic hydroxyl groups excluding tert-OH is 1. The van der Waals surface area contributed by atoms with E-state index in [2.05, 4.69) is 14.9 Å². The Balaban J connectivity index is 1.70. The normalized spacial score (nSPS) is 27.7. The molecule has 5 heteroatoms. The summed E-state index contributed by atoms with van der Waals surface area (Å²) in [5, 5.41) is 10.2. The van der Waals surface area contributed by atoms with Gasteiger partial charge in [-0.05, 0) is 33.6 Å². The van der Waals surface area contributed by atoms with Crippen LogP contribution in [0.2, 0.25) is 0 Å². The summed E-state index contributed by atoms with van der Waals surface area (Å²) < 4.78 is 5.82. The topological polar surface area (TPSA) is 58.5 Å². The Kier molecular flexibility index (Phi) is 3.88. The van der Waals surface area contributed by atoms with Crippen LogP contribution >= 0.6 is 0 Å². The van der Waals surface area contributed by atoms with Crippen molar-refractivity contribution in [1.29, 1.82) is 0 Å². The Labute approximate surface area is 126 Å². The summed E-state index contributed by atoms with van der Waals surface area (Å²) in [6, 6.07) is 2.04. The molecule has 5 nitrogen and oxygen atoms in total. The van der Waals surface area contributed by atoms with Crippen LogP contribution in [0.15, 0.2) is 6.07 Å². The zero-order chi connectivity index (χ0) is 15.0. The van der Waals surface area contributed by atoms with Crippen LogP contribution in [0.25, 0.3) is 0 Å². The van der Waals surface area contributed by atoms with E-state index in [4.69, 9.17) is 4.74 Å². The molecule has 3 rings (SSSR count). The van der Waals surface area contributed by atoms with Crippen molar-refractivity contribution in [2.75, 3.05) is 24.6 Å². The summed E-state index contributed by atoms with van der Waals surface area (Å²) in [6.45, 7) is 8.55. The summed E-state index contributed by atoms with van der Waals surface area (Å²) in [7, 11) is 0. The second-order valence-corrected chi connectivity index (χ2v) is 6.33. The van der Waals surface area contributed by atoms with E-state index in [-0.39, 0.29) is 17.6 Å². The number of piperidine rings is 1. The van der Waals surface area contributed by atoms with Gasteiger partial charge in [0.05, 0.1) is 12.2 Å². The molecule has 0 amide bonds. The van der Waals surface area contributed by atoms with Crippen molar-refractivity contribution >= 4 is 5.82 Å². The molecule has 0 aromatic carbocycles. The van der Waals surface area contributed by atoms with E-state index in [1.807, 2.05) is 26.8 Å². The van der Waals surface area contributed by atoms with Gasteiger partial charge in [0.2, 0.25) is 0 Å². The van der Waals surface area contributed by atoms with Crippen molar-refractivity contribution in [3.8, 4) is 0 Å². The van der Waals surface area contributed by atoms with Crippen molar-refractivity contribution in [3.05, 3.63) is 17.6 Å². The molecule has 1 aromatic rings. The number of anilines is 1. The summed E-state index contributed by atoms with van der Waals surface area (Å²) in [5.74, 6) is 1.83. The Morgan fingerprint density at radius 3 is 2.62 bits per heavy atom. The zero-order valence-corrected chi connectivity index (χ0v) is 13.2. The van der Waals surface area contributed by atoms with Gasteiger partial charge in [0, 0.05) is 43.3 Å². The average Bonchev–Trinajstić information content (AvgIpc) is 2.46. The van der Waals surface area contributed by atoms with Gasteiger partial charge in [-0.15, -0.1) is 0 Å². The molecule has 21 heavy (non-hydrogen) atoms. The lowest BCUT2D eigenvalue weighted by Crippen LogP contribution is -2.62. The zero-order valence-electron chi connectivity index (χ0n) is 13.2. The first-order valence-corrected chi connectivity index (χ1v) is 7.92. The molecule has 2 atom stereocenters. The second-order valence-electron chi connectivity index (χ2n) is 6.33. The van der Waals surface area contributed by atoms with Crippen molar-refractivity contribution < 1.29 is 9.84 Å². The Hall–Kier alpha value is -1.20. The number of ether oxygens (including phenoxy) is 1. The molecular formula is C16H25N3O2. The summed E-state index contributed by atoms with van der Waals surface area (Å²) >= 11 is 0. The maximum atomic E-state index is 10.2. The van der Waals surface area contributed by atoms with Gasteiger partial charge < -0.3 is 14.7 Å². The Morgan fingerprint density at radius 1 is 1.33 bits per heavy atom. The third kappa shape index (κ3) is 2.53. The van der Waals surface area contributed by atoms with Crippen LogP contribution in [0.4, 0.5) is 5.82 Å². The monoisotopic (exact) mass is 291 g/mol. The fourth-order valence-electron chi connectivity index (χ4n) is 3.83. The molecule has 1 N–H and O–H groups in total. The number of aryl methyl sites for hydroxylation is 2. The van der Waals surface area contributed by atoms with Gasteiger partial charge in [-0.2, -0.15) is 0 Å². The van der Waals surface area contributed by atoms with E-state index in [0.29, 0.717) is 0 Å². The van der Waals surface area contributed by atoms with E-state index in [1.165, 1.54) is 0 Å². The third-order valence-electron chi connectivity index (χ3n) is 5.08. The third-order valence-corrected chi connectivity index (χ3v) is 5.08. The molecule has 0 unspecified atom stereocenters. The van der Waals surface area contributed by atoms with E-state index >= 15 is 0 Å². The van der Waals surface area contributed by atoms with Crippen LogP contribution < -0.4 is 4.90 Å². The molecule has 1 saturated heterocycles. The molecule has 1 aromatic heterocycles. The van der Waals surface area contributed by atoms with Crippen molar-refractivity contribution in [2.45, 2.75) is 52.2 Å². The van der Waals surface area contributed by atoms with E-state index in [0.717, 1.165) is 56.3 Å². The number of hydrogen-bond acceptors (Lipinski definition) is 5. The molecule has 116 valence electrons. The molecule has 0 bridgehead atoms. The first kappa shape index (κ1) is 14.7. The fraction of sp³-hybridized carbons (Fsp3) is 0.750. The largest absolute Gasteiger partial charge is 0.392 e. The minimum absolute atomic E-state index is 0.0242. The molecule has 1 aliphatic heterocycles. The fourth-order valence-corrected chi connectivity index (χ4v) is 3.83. The minimum atomic E-state index is -0.204. The predicted octanol–water partition coefficient (Wildman–Crippen LogP) is 1.85. The first-order valence-electron chi connectivity index (χ1n) is 7.92. The van der Waals surface area contributed by atoms with Gasteiger partial charge in [0.25, 0.3) is 0 Å². The lowest BCUT2D eigenvalue weighted by atomic mass is 9.58. The van der Waals surface area contributed by atoms with E-state index < -0.39 is 0 Å². The highest BCUT2D eigenvalue weighted by Gasteiger charge is 2.56. The number of hydrogen-bond donors (Lipinski definition) is 1. The predicted molar refractivity (Wildman–Crippen MR) is 81.4 cm³/mol. The van der Waals surface area contributed by atoms with Gasteiger partial charge >= 0.3 is 0 Å². The Bertz CT molecular complexity index is 490. The maximum Gasteiger partial charge on any atom is 0.132 e. The second kappa shape index (κ2) is 5.54. The van der Waals surface area contributed by atoms with Crippen LogP contribution in [0.1, 0.15) is 37.7 Å². The smallest absolute Gasteiger partial charge is 0.132 e. The minimum Gasteiger partial charge on any atom is -0.392 e. The molecule has 1 spiro atoms. The van der Waals surface area contributed by atoms with Crippen LogP contribution in [0.3, 0.4) is 0 Å². The van der Waals surface area contributed by atoms with Gasteiger partial charge in [-0.1, -0.05) is 0 Å². The van der Waals surface area contributed by atoms with E-state index in [1.54, 1.807) is 0 Å². The molecule has 1 saturated carbocycles. The number of rotatable bonds is 3. The number of aliphatic hydroxyl groups is 1.